The largest absolute Gasteiger partial charge is 0.504 e. The number of phenolic OH excluding ortho intramolecular Hbond substituents is 1. The van der Waals surface area contributed by atoms with E-state index < -0.39 is 5.60 Å². The minimum Gasteiger partial charge on any atom is -0.504 e. The lowest BCUT2D eigenvalue weighted by molar-refractivity contribution is -0.260. The summed E-state index contributed by atoms with van der Waals surface area (Å²) in [5.41, 5.74) is 2.14. The lowest BCUT2D eigenvalue weighted by atomic mass is 9.32. The number of fused-ring (bicyclic) bond motifs is 2. The molecule has 2 heterocycles. The Balaban J connectivity index is 1.48. The van der Waals surface area contributed by atoms with Crippen LogP contribution >= 0.6 is 0 Å². The third kappa shape index (κ3) is 1.85. The fourth-order valence-electron chi connectivity index (χ4n) is 9.40. The summed E-state index contributed by atoms with van der Waals surface area (Å²) in [5.74, 6) is 2.21. The molecule has 1 saturated heterocycles. The van der Waals surface area contributed by atoms with Crippen molar-refractivity contribution in [2.24, 2.45) is 22.7 Å². The third-order valence-corrected chi connectivity index (χ3v) is 10.6. The maximum Gasteiger partial charge on any atom is 0.165 e. The molecule has 0 unspecified atom stereocenters. The van der Waals surface area contributed by atoms with E-state index in [1.807, 2.05) is 19.9 Å². The second-order valence-electron chi connectivity index (χ2n) is 12.4. The Labute approximate surface area is 179 Å². The van der Waals surface area contributed by atoms with Gasteiger partial charge < -0.3 is 14.9 Å². The van der Waals surface area contributed by atoms with Crippen molar-refractivity contribution in [1.82, 2.24) is 4.90 Å². The van der Waals surface area contributed by atoms with Gasteiger partial charge in [0.15, 0.2) is 11.5 Å². The Morgan fingerprint density at radius 1 is 1.20 bits per heavy atom. The quantitative estimate of drug-likeness (QED) is 0.792. The lowest BCUT2D eigenvalue weighted by Gasteiger charge is -2.75. The first-order valence-electron chi connectivity index (χ1n) is 12.2. The molecule has 0 radical (unpaired) electrons. The highest BCUT2D eigenvalue weighted by atomic mass is 16.5. The highest BCUT2D eigenvalue weighted by Gasteiger charge is 2.80. The van der Waals surface area contributed by atoms with Gasteiger partial charge in [-0.1, -0.05) is 13.0 Å². The molecule has 1 aromatic carbocycles. The van der Waals surface area contributed by atoms with Gasteiger partial charge in [-0.2, -0.15) is 0 Å². The molecular weight excluding hydrogens is 374 g/mol. The SMILES string of the molecule is CC(C)(O)[C@H]1C[C@@]23CC[C@]1(C)[C@@H]1Oc4c(O)ccc5c4[C@@]12CCN(CC1CC1)[C@H]3C5. The van der Waals surface area contributed by atoms with Crippen LogP contribution in [0.3, 0.4) is 0 Å². The second kappa shape index (κ2) is 5.20. The van der Waals surface area contributed by atoms with Gasteiger partial charge in [-0.15, -0.1) is 0 Å². The number of phenols is 1. The van der Waals surface area contributed by atoms with Crippen LogP contribution in [-0.2, 0) is 11.8 Å². The number of benzene rings is 1. The van der Waals surface area contributed by atoms with Crippen LogP contribution in [0.25, 0.3) is 0 Å². The minimum absolute atomic E-state index is 0.00806. The van der Waals surface area contributed by atoms with Crippen LogP contribution in [0.1, 0.15) is 70.4 Å². The number of hydrogen-bond acceptors (Lipinski definition) is 4. The van der Waals surface area contributed by atoms with Crippen LogP contribution < -0.4 is 4.74 Å². The van der Waals surface area contributed by atoms with Crippen molar-refractivity contribution in [1.29, 1.82) is 0 Å². The molecule has 2 aliphatic heterocycles. The molecule has 162 valence electrons. The summed E-state index contributed by atoms with van der Waals surface area (Å²) in [7, 11) is 0. The Kier molecular flexibility index (Phi) is 3.18. The molecule has 4 saturated carbocycles. The van der Waals surface area contributed by atoms with Gasteiger partial charge in [0.25, 0.3) is 0 Å². The number of aliphatic hydroxyl groups is 1. The Morgan fingerprint density at radius 2 is 2.00 bits per heavy atom. The molecule has 7 aliphatic rings. The van der Waals surface area contributed by atoms with E-state index in [1.165, 1.54) is 36.9 Å². The maximum atomic E-state index is 11.3. The Bertz CT molecular complexity index is 948. The van der Waals surface area contributed by atoms with Gasteiger partial charge in [-0.3, -0.25) is 4.90 Å². The molecule has 2 spiro atoms. The fourth-order valence-corrected chi connectivity index (χ4v) is 9.40. The van der Waals surface area contributed by atoms with Gasteiger partial charge in [0.2, 0.25) is 0 Å². The maximum absolute atomic E-state index is 11.3. The molecule has 0 aromatic heterocycles. The zero-order valence-electron chi connectivity index (χ0n) is 18.6. The zero-order chi connectivity index (χ0) is 20.7. The van der Waals surface area contributed by atoms with E-state index in [4.69, 9.17) is 4.74 Å². The monoisotopic (exact) mass is 409 g/mol. The van der Waals surface area contributed by atoms with E-state index in [2.05, 4.69) is 17.9 Å². The summed E-state index contributed by atoms with van der Waals surface area (Å²) < 4.78 is 6.82. The van der Waals surface area contributed by atoms with Crippen molar-refractivity contribution in [3.63, 3.8) is 0 Å². The predicted molar refractivity (Wildman–Crippen MR) is 115 cm³/mol. The average molecular weight is 410 g/mol. The fraction of sp³-hybridized carbons (Fsp3) is 0.769. The van der Waals surface area contributed by atoms with Crippen molar-refractivity contribution in [3.05, 3.63) is 23.3 Å². The highest BCUT2D eigenvalue weighted by molar-refractivity contribution is 5.63. The van der Waals surface area contributed by atoms with Crippen LogP contribution in [0, 0.1) is 22.7 Å². The minimum atomic E-state index is -0.722. The molecule has 8 rings (SSSR count). The summed E-state index contributed by atoms with van der Waals surface area (Å²) in [6.45, 7) is 8.80. The third-order valence-electron chi connectivity index (χ3n) is 10.6. The standard InChI is InChI=1S/C26H35NO3/c1-23(2,29)18-13-25-9-8-24(18,3)22-26(25)10-11-27(14-15-4-5-15)19(25)12-16-6-7-17(28)21(30-22)20(16)26/h6-7,15,18-19,22,28-29H,4-5,8-14H2,1-3H3/t18-,19+,22+,24+,25-,26+/m1/s1. The highest BCUT2D eigenvalue weighted by Crippen LogP contribution is 2.79. The normalized spacial score (nSPS) is 45.9. The number of nitrogens with zero attached hydrogens (tertiary/aromatic N) is 1. The first-order chi connectivity index (χ1) is 14.2. The van der Waals surface area contributed by atoms with Crippen LogP contribution in [-0.4, -0.2) is 45.9 Å². The van der Waals surface area contributed by atoms with Crippen molar-refractivity contribution in [2.45, 2.75) is 88.9 Å². The topological polar surface area (TPSA) is 52.9 Å². The van der Waals surface area contributed by atoms with Crippen LogP contribution in [0.4, 0.5) is 0 Å². The van der Waals surface area contributed by atoms with Gasteiger partial charge in [0.1, 0.15) is 6.10 Å². The number of aromatic hydroxyl groups is 1. The first kappa shape index (κ1) is 18.3. The molecule has 4 heteroatoms. The van der Waals surface area contributed by atoms with E-state index >= 15 is 0 Å². The van der Waals surface area contributed by atoms with Gasteiger partial charge in [0, 0.05) is 34.4 Å². The number of ether oxygens (including phenoxy) is 1. The van der Waals surface area contributed by atoms with Crippen molar-refractivity contribution >= 4 is 0 Å². The van der Waals surface area contributed by atoms with Gasteiger partial charge in [0.05, 0.1) is 5.60 Å². The molecule has 6 atom stereocenters. The zero-order valence-corrected chi connectivity index (χ0v) is 18.6. The van der Waals surface area contributed by atoms with E-state index in [0.717, 1.165) is 43.9 Å². The summed E-state index contributed by atoms with van der Waals surface area (Å²) in [6.07, 6.45) is 8.51. The first-order valence-corrected chi connectivity index (χ1v) is 12.2. The summed E-state index contributed by atoms with van der Waals surface area (Å²) >= 11 is 0. The number of piperidine rings is 1. The second-order valence-corrected chi connectivity index (χ2v) is 12.4. The van der Waals surface area contributed by atoms with E-state index in [9.17, 15) is 10.2 Å². The molecule has 1 aromatic rings. The summed E-state index contributed by atoms with van der Waals surface area (Å²) in [6, 6.07) is 4.58. The molecule has 2 N–H and O–H groups in total. The Hall–Kier alpha value is -1.26. The van der Waals surface area contributed by atoms with Crippen molar-refractivity contribution in [2.75, 3.05) is 13.1 Å². The van der Waals surface area contributed by atoms with Crippen LogP contribution in [0.15, 0.2) is 12.1 Å². The molecule has 4 bridgehead atoms. The van der Waals surface area contributed by atoms with E-state index in [-0.39, 0.29) is 28.3 Å². The molecular formula is C26H35NO3. The Morgan fingerprint density at radius 3 is 2.73 bits per heavy atom. The smallest absolute Gasteiger partial charge is 0.165 e. The number of likely N-dealkylation sites (tertiary alicyclic amines) is 1. The average Bonchev–Trinajstić information content (AvgIpc) is 3.42. The molecule has 30 heavy (non-hydrogen) atoms. The van der Waals surface area contributed by atoms with Crippen molar-refractivity contribution in [3.8, 4) is 11.5 Å². The number of rotatable bonds is 3. The summed E-state index contributed by atoms with van der Waals surface area (Å²) in [5, 5.41) is 22.1. The van der Waals surface area contributed by atoms with Gasteiger partial charge in [-0.05, 0) is 88.8 Å². The van der Waals surface area contributed by atoms with Crippen LogP contribution in [0.2, 0.25) is 0 Å². The lowest BCUT2D eigenvalue weighted by Crippen LogP contribution is -2.79. The predicted octanol–water partition coefficient (Wildman–Crippen LogP) is 4.01. The van der Waals surface area contributed by atoms with Crippen molar-refractivity contribution < 1.29 is 14.9 Å². The summed E-state index contributed by atoms with van der Waals surface area (Å²) in [4.78, 5) is 2.84. The molecule has 4 nitrogen and oxygen atoms in total. The van der Waals surface area contributed by atoms with Gasteiger partial charge in [-0.25, -0.2) is 0 Å². The number of hydrogen-bond donors (Lipinski definition) is 2. The van der Waals surface area contributed by atoms with Crippen LogP contribution in [0.5, 0.6) is 11.5 Å². The molecule has 5 fully saturated rings. The molecule has 5 aliphatic carbocycles. The van der Waals surface area contributed by atoms with Gasteiger partial charge >= 0.3 is 0 Å². The van der Waals surface area contributed by atoms with E-state index in [0.29, 0.717) is 11.8 Å². The molecule has 0 amide bonds. The van der Waals surface area contributed by atoms with E-state index in [1.54, 1.807) is 0 Å².